The van der Waals surface area contributed by atoms with Crippen molar-refractivity contribution in [3.63, 3.8) is 0 Å². The molecule has 1 aromatic rings. The molecule has 1 amide bonds. The molecule has 5 nitrogen and oxygen atoms in total. The van der Waals surface area contributed by atoms with E-state index in [0.717, 1.165) is 30.4 Å². The zero-order valence-electron chi connectivity index (χ0n) is 12.1. The van der Waals surface area contributed by atoms with E-state index in [0.29, 0.717) is 11.5 Å². The number of likely N-dealkylation sites (N-methyl/N-ethyl adjacent to an activating group) is 1. The quantitative estimate of drug-likeness (QED) is 0.679. The molecule has 0 radical (unpaired) electrons. The van der Waals surface area contributed by atoms with Crippen molar-refractivity contribution in [3.8, 4) is 5.75 Å². The van der Waals surface area contributed by atoms with Gasteiger partial charge in [-0.05, 0) is 43.9 Å². The van der Waals surface area contributed by atoms with Crippen LogP contribution >= 0.6 is 0 Å². The number of carbonyl (C=O) groups excluding carboxylic acids is 1. The Morgan fingerprint density at radius 3 is 2.80 bits per heavy atom. The Hall–Kier alpha value is -2.04. The van der Waals surface area contributed by atoms with Crippen LogP contribution in [0.1, 0.15) is 30.9 Å². The normalized spacial score (nSPS) is 17.4. The molecule has 108 valence electrons. The van der Waals surface area contributed by atoms with E-state index in [1.54, 1.807) is 21.0 Å². The molecule has 2 rings (SSSR count). The highest BCUT2D eigenvalue weighted by Gasteiger charge is 2.20. The van der Waals surface area contributed by atoms with Gasteiger partial charge in [0.05, 0.1) is 5.71 Å². The number of benzene rings is 1. The molecule has 1 aliphatic rings. The van der Waals surface area contributed by atoms with Crippen molar-refractivity contribution in [2.75, 3.05) is 14.1 Å². The van der Waals surface area contributed by atoms with Gasteiger partial charge in [-0.25, -0.2) is 0 Å². The monoisotopic (exact) mass is 276 g/mol. The highest BCUT2D eigenvalue weighted by Crippen LogP contribution is 2.26. The fraction of sp³-hybridized carbons (Fsp3) is 0.467. The fourth-order valence-corrected chi connectivity index (χ4v) is 2.42. The molecule has 1 unspecified atom stereocenters. The van der Waals surface area contributed by atoms with Gasteiger partial charge in [-0.1, -0.05) is 11.2 Å². The number of carbonyl (C=O) groups is 1. The molecule has 5 heteroatoms. The maximum absolute atomic E-state index is 11.8. The number of amides is 1. The standard InChI is InChI=1S/C15H20N2O3/c1-10(15(18)17(2)3)20-12-8-7-11-5-4-6-14(16-19)13(11)9-12/h7-10,19H,4-6H2,1-3H3/b16-14-. The smallest absolute Gasteiger partial charge is 0.262 e. The van der Waals surface area contributed by atoms with E-state index in [-0.39, 0.29) is 5.91 Å². The second-order valence-electron chi connectivity index (χ2n) is 5.21. The van der Waals surface area contributed by atoms with Crippen LogP contribution in [-0.2, 0) is 11.2 Å². The number of rotatable bonds is 3. The molecule has 0 saturated carbocycles. The Labute approximate surface area is 118 Å². The third-order valence-electron chi connectivity index (χ3n) is 3.47. The zero-order valence-corrected chi connectivity index (χ0v) is 12.1. The molecule has 1 N–H and O–H groups in total. The summed E-state index contributed by atoms with van der Waals surface area (Å²) in [5.41, 5.74) is 2.76. The summed E-state index contributed by atoms with van der Waals surface area (Å²) in [5.74, 6) is 0.535. The van der Waals surface area contributed by atoms with E-state index in [1.165, 1.54) is 4.90 Å². The van der Waals surface area contributed by atoms with Crippen molar-refractivity contribution in [1.82, 2.24) is 4.90 Å². The van der Waals surface area contributed by atoms with Crippen molar-refractivity contribution in [3.05, 3.63) is 29.3 Å². The van der Waals surface area contributed by atoms with Crippen LogP contribution in [-0.4, -0.2) is 41.9 Å². The van der Waals surface area contributed by atoms with Gasteiger partial charge in [-0.3, -0.25) is 4.79 Å². The zero-order chi connectivity index (χ0) is 14.7. The second-order valence-corrected chi connectivity index (χ2v) is 5.21. The van der Waals surface area contributed by atoms with Crippen LogP contribution in [0.2, 0.25) is 0 Å². The van der Waals surface area contributed by atoms with E-state index in [4.69, 9.17) is 9.94 Å². The summed E-state index contributed by atoms with van der Waals surface area (Å²) in [6.07, 6.45) is 2.18. The summed E-state index contributed by atoms with van der Waals surface area (Å²) in [6.45, 7) is 1.73. The van der Waals surface area contributed by atoms with Gasteiger partial charge in [0, 0.05) is 19.7 Å². The molecular weight excluding hydrogens is 256 g/mol. The van der Waals surface area contributed by atoms with Crippen LogP contribution in [0.3, 0.4) is 0 Å². The van der Waals surface area contributed by atoms with Gasteiger partial charge in [-0.15, -0.1) is 0 Å². The highest BCUT2D eigenvalue weighted by molar-refractivity contribution is 6.02. The SMILES string of the molecule is CC(Oc1ccc2c(c1)/C(=N\O)CCC2)C(=O)N(C)C. The second kappa shape index (κ2) is 5.94. The molecule has 0 spiro atoms. The van der Waals surface area contributed by atoms with E-state index in [9.17, 15) is 4.79 Å². The first-order valence-corrected chi connectivity index (χ1v) is 6.75. The van der Waals surface area contributed by atoms with Crippen molar-refractivity contribution >= 4 is 11.6 Å². The van der Waals surface area contributed by atoms with Crippen LogP contribution in [0.4, 0.5) is 0 Å². The molecule has 0 saturated heterocycles. The summed E-state index contributed by atoms with van der Waals surface area (Å²) in [5, 5.41) is 12.4. The Morgan fingerprint density at radius 1 is 1.40 bits per heavy atom. The minimum Gasteiger partial charge on any atom is -0.481 e. The molecule has 1 atom stereocenters. The molecule has 20 heavy (non-hydrogen) atoms. The lowest BCUT2D eigenvalue weighted by molar-refractivity contribution is -0.135. The summed E-state index contributed by atoms with van der Waals surface area (Å²) in [7, 11) is 3.40. The molecular formula is C15H20N2O3. The highest BCUT2D eigenvalue weighted by atomic mass is 16.5. The van der Waals surface area contributed by atoms with Gasteiger partial charge in [0.1, 0.15) is 5.75 Å². The topological polar surface area (TPSA) is 62.1 Å². The first-order chi connectivity index (χ1) is 9.52. The van der Waals surface area contributed by atoms with Crippen LogP contribution in [0.15, 0.2) is 23.4 Å². The molecule has 1 aliphatic carbocycles. The Morgan fingerprint density at radius 2 is 2.15 bits per heavy atom. The number of fused-ring (bicyclic) bond motifs is 1. The van der Waals surface area contributed by atoms with E-state index in [2.05, 4.69) is 5.16 Å². The van der Waals surface area contributed by atoms with Crippen LogP contribution in [0.5, 0.6) is 5.75 Å². The van der Waals surface area contributed by atoms with Crippen LogP contribution in [0, 0.1) is 0 Å². The van der Waals surface area contributed by atoms with Crippen molar-refractivity contribution in [1.29, 1.82) is 0 Å². The van der Waals surface area contributed by atoms with Gasteiger partial charge in [0.25, 0.3) is 5.91 Å². The summed E-state index contributed by atoms with van der Waals surface area (Å²) < 4.78 is 5.67. The third kappa shape index (κ3) is 2.92. The molecule has 0 aliphatic heterocycles. The van der Waals surface area contributed by atoms with Gasteiger partial charge >= 0.3 is 0 Å². The van der Waals surface area contributed by atoms with Crippen LogP contribution < -0.4 is 4.74 Å². The van der Waals surface area contributed by atoms with Gasteiger partial charge in [0.2, 0.25) is 0 Å². The van der Waals surface area contributed by atoms with Crippen molar-refractivity contribution in [2.24, 2.45) is 5.16 Å². The summed E-state index contributed by atoms with van der Waals surface area (Å²) in [6, 6.07) is 5.68. The van der Waals surface area contributed by atoms with E-state index < -0.39 is 6.10 Å². The number of hydrogen-bond acceptors (Lipinski definition) is 4. The Kier molecular flexibility index (Phi) is 4.27. The molecule has 0 aromatic heterocycles. The molecule has 0 bridgehead atoms. The van der Waals surface area contributed by atoms with Crippen molar-refractivity contribution < 1.29 is 14.7 Å². The summed E-state index contributed by atoms with van der Waals surface area (Å²) >= 11 is 0. The summed E-state index contributed by atoms with van der Waals surface area (Å²) in [4.78, 5) is 13.3. The average Bonchev–Trinajstić information content (AvgIpc) is 2.45. The predicted molar refractivity (Wildman–Crippen MR) is 76.5 cm³/mol. The Bertz CT molecular complexity index is 538. The number of ether oxygens (including phenoxy) is 1. The fourth-order valence-electron chi connectivity index (χ4n) is 2.42. The first-order valence-electron chi connectivity index (χ1n) is 6.75. The van der Waals surface area contributed by atoms with Crippen molar-refractivity contribution in [2.45, 2.75) is 32.3 Å². The molecule has 0 fully saturated rings. The van der Waals surface area contributed by atoms with Gasteiger partial charge in [0.15, 0.2) is 6.10 Å². The Balaban J connectivity index is 2.21. The third-order valence-corrected chi connectivity index (χ3v) is 3.47. The van der Waals surface area contributed by atoms with E-state index in [1.807, 2.05) is 18.2 Å². The number of nitrogens with zero attached hydrogens (tertiary/aromatic N) is 2. The lowest BCUT2D eigenvalue weighted by Crippen LogP contribution is -2.35. The molecule has 0 heterocycles. The van der Waals surface area contributed by atoms with Crippen LogP contribution in [0.25, 0.3) is 0 Å². The number of aryl methyl sites for hydroxylation is 1. The number of oxime groups is 1. The largest absolute Gasteiger partial charge is 0.481 e. The number of hydrogen-bond donors (Lipinski definition) is 1. The lowest BCUT2D eigenvalue weighted by atomic mass is 9.90. The minimum absolute atomic E-state index is 0.0845. The lowest BCUT2D eigenvalue weighted by Gasteiger charge is -2.21. The van der Waals surface area contributed by atoms with Gasteiger partial charge in [-0.2, -0.15) is 0 Å². The average molecular weight is 276 g/mol. The predicted octanol–water partition coefficient (Wildman–Crippen LogP) is 2.06. The first kappa shape index (κ1) is 14.4. The van der Waals surface area contributed by atoms with Gasteiger partial charge < -0.3 is 14.8 Å². The molecule has 1 aromatic carbocycles. The minimum atomic E-state index is -0.541. The van der Waals surface area contributed by atoms with E-state index >= 15 is 0 Å². The maximum Gasteiger partial charge on any atom is 0.262 e. The maximum atomic E-state index is 11.8.